The van der Waals surface area contributed by atoms with Gasteiger partial charge >= 0.3 is 0 Å². The minimum absolute atomic E-state index is 0.811. The smallest absolute Gasteiger partial charge is 0.0659 e. The molecule has 0 saturated carbocycles. The molecule has 2 aromatic heterocycles. The number of anilines is 1. The average molecular weight is 280 g/mol. The van der Waals surface area contributed by atoms with E-state index in [1.165, 1.54) is 11.3 Å². The molecule has 0 amide bonds. The fourth-order valence-corrected chi connectivity index (χ4v) is 2.42. The molecular formula is C17H20N4. The molecule has 0 aliphatic rings. The van der Waals surface area contributed by atoms with E-state index in [4.69, 9.17) is 0 Å². The van der Waals surface area contributed by atoms with E-state index in [-0.39, 0.29) is 0 Å². The van der Waals surface area contributed by atoms with Gasteiger partial charge in [-0.2, -0.15) is 5.10 Å². The maximum atomic E-state index is 4.22. The standard InChI is InChI=1S/C17H20N4/c1-2-20-11-3-5-17(20)13-18-16-8-6-15(7-9-16)14-21-12-4-10-19-21/h3-12,18H,2,13-14H2,1H3. The van der Waals surface area contributed by atoms with Crippen LogP contribution in [0.4, 0.5) is 5.69 Å². The first-order valence-corrected chi connectivity index (χ1v) is 7.29. The largest absolute Gasteiger partial charge is 0.379 e. The second-order valence-corrected chi connectivity index (χ2v) is 5.04. The number of rotatable bonds is 6. The molecule has 2 heterocycles. The Morgan fingerprint density at radius 1 is 1.05 bits per heavy atom. The Morgan fingerprint density at radius 3 is 2.62 bits per heavy atom. The van der Waals surface area contributed by atoms with Crippen molar-refractivity contribution in [2.24, 2.45) is 0 Å². The van der Waals surface area contributed by atoms with Crippen molar-refractivity contribution in [3.8, 4) is 0 Å². The number of benzene rings is 1. The minimum Gasteiger partial charge on any atom is -0.379 e. The molecule has 21 heavy (non-hydrogen) atoms. The molecule has 0 radical (unpaired) electrons. The van der Waals surface area contributed by atoms with Gasteiger partial charge in [-0.3, -0.25) is 4.68 Å². The molecule has 0 atom stereocenters. The third-order valence-electron chi connectivity index (χ3n) is 3.60. The second kappa shape index (κ2) is 6.31. The lowest BCUT2D eigenvalue weighted by Gasteiger charge is -2.10. The van der Waals surface area contributed by atoms with Gasteiger partial charge in [0.1, 0.15) is 0 Å². The Labute approximate surface area is 125 Å². The highest BCUT2D eigenvalue weighted by atomic mass is 15.3. The van der Waals surface area contributed by atoms with Crippen LogP contribution in [0.3, 0.4) is 0 Å². The van der Waals surface area contributed by atoms with Crippen LogP contribution < -0.4 is 5.32 Å². The fraction of sp³-hybridized carbons (Fsp3) is 0.235. The predicted octanol–water partition coefficient (Wildman–Crippen LogP) is 3.36. The molecule has 1 aromatic carbocycles. The van der Waals surface area contributed by atoms with Crippen molar-refractivity contribution in [1.82, 2.24) is 14.3 Å². The summed E-state index contributed by atoms with van der Waals surface area (Å²) in [6.07, 6.45) is 5.90. The molecule has 0 fully saturated rings. The van der Waals surface area contributed by atoms with Gasteiger partial charge in [-0.15, -0.1) is 0 Å². The molecular weight excluding hydrogens is 260 g/mol. The lowest BCUT2D eigenvalue weighted by atomic mass is 10.2. The van der Waals surface area contributed by atoms with Gasteiger partial charge in [0.05, 0.1) is 13.1 Å². The van der Waals surface area contributed by atoms with E-state index >= 15 is 0 Å². The van der Waals surface area contributed by atoms with Crippen LogP contribution >= 0.6 is 0 Å². The summed E-state index contributed by atoms with van der Waals surface area (Å²) in [5, 5.41) is 7.69. The molecule has 1 N–H and O–H groups in total. The van der Waals surface area contributed by atoms with E-state index in [1.807, 2.05) is 16.9 Å². The van der Waals surface area contributed by atoms with E-state index in [2.05, 4.69) is 64.5 Å². The Kier molecular flexibility index (Phi) is 4.05. The normalized spacial score (nSPS) is 10.7. The molecule has 108 valence electrons. The van der Waals surface area contributed by atoms with E-state index in [1.54, 1.807) is 6.20 Å². The zero-order valence-electron chi connectivity index (χ0n) is 12.2. The summed E-state index contributed by atoms with van der Waals surface area (Å²) in [5.41, 5.74) is 3.70. The van der Waals surface area contributed by atoms with Gasteiger partial charge in [0, 0.05) is 36.5 Å². The van der Waals surface area contributed by atoms with Crippen molar-refractivity contribution < 1.29 is 0 Å². The van der Waals surface area contributed by atoms with Crippen molar-refractivity contribution in [1.29, 1.82) is 0 Å². The quantitative estimate of drug-likeness (QED) is 0.751. The number of hydrogen-bond donors (Lipinski definition) is 1. The molecule has 0 bridgehead atoms. The van der Waals surface area contributed by atoms with Gasteiger partial charge in [-0.25, -0.2) is 0 Å². The SMILES string of the molecule is CCn1cccc1CNc1ccc(Cn2cccn2)cc1. The van der Waals surface area contributed by atoms with Crippen LogP contribution in [0.15, 0.2) is 61.1 Å². The third-order valence-corrected chi connectivity index (χ3v) is 3.60. The van der Waals surface area contributed by atoms with Crippen molar-refractivity contribution in [2.75, 3.05) is 5.32 Å². The Bertz CT molecular complexity index is 665. The van der Waals surface area contributed by atoms with Crippen LogP contribution in [0.2, 0.25) is 0 Å². The maximum absolute atomic E-state index is 4.22. The average Bonchev–Trinajstić information content (AvgIpc) is 3.17. The first kappa shape index (κ1) is 13.5. The number of hydrogen-bond acceptors (Lipinski definition) is 2. The highest BCUT2D eigenvalue weighted by Crippen LogP contribution is 2.12. The lowest BCUT2D eigenvalue weighted by molar-refractivity contribution is 0.687. The van der Waals surface area contributed by atoms with Crippen molar-refractivity contribution in [3.05, 3.63) is 72.3 Å². The van der Waals surface area contributed by atoms with E-state index in [0.717, 1.165) is 25.3 Å². The number of nitrogens with one attached hydrogen (secondary N) is 1. The molecule has 0 saturated heterocycles. The maximum Gasteiger partial charge on any atom is 0.0659 e. The van der Waals surface area contributed by atoms with Crippen LogP contribution in [0.25, 0.3) is 0 Å². The van der Waals surface area contributed by atoms with Gasteiger partial charge in [0.2, 0.25) is 0 Å². The summed E-state index contributed by atoms with van der Waals surface area (Å²) in [5.74, 6) is 0. The van der Waals surface area contributed by atoms with Gasteiger partial charge in [-0.1, -0.05) is 12.1 Å². The van der Waals surface area contributed by atoms with Crippen molar-refractivity contribution >= 4 is 5.69 Å². The molecule has 0 unspecified atom stereocenters. The summed E-state index contributed by atoms with van der Waals surface area (Å²) in [6.45, 7) is 4.83. The summed E-state index contributed by atoms with van der Waals surface area (Å²) >= 11 is 0. The second-order valence-electron chi connectivity index (χ2n) is 5.04. The molecule has 0 spiro atoms. The van der Waals surface area contributed by atoms with Gasteiger partial charge in [0.15, 0.2) is 0 Å². The first-order chi connectivity index (χ1) is 10.3. The highest BCUT2D eigenvalue weighted by Gasteiger charge is 2.00. The predicted molar refractivity (Wildman–Crippen MR) is 85.2 cm³/mol. The fourth-order valence-electron chi connectivity index (χ4n) is 2.42. The first-order valence-electron chi connectivity index (χ1n) is 7.29. The van der Waals surface area contributed by atoms with Gasteiger partial charge < -0.3 is 9.88 Å². The number of aromatic nitrogens is 3. The summed E-state index contributed by atoms with van der Waals surface area (Å²) in [7, 11) is 0. The Hall–Kier alpha value is -2.49. The van der Waals surface area contributed by atoms with E-state index in [9.17, 15) is 0 Å². The van der Waals surface area contributed by atoms with Crippen molar-refractivity contribution in [3.63, 3.8) is 0 Å². The Morgan fingerprint density at radius 2 is 1.90 bits per heavy atom. The van der Waals surface area contributed by atoms with Crippen LogP contribution in [-0.4, -0.2) is 14.3 Å². The van der Waals surface area contributed by atoms with Gasteiger partial charge in [0.25, 0.3) is 0 Å². The van der Waals surface area contributed by atoms with Crippen LogP contribution in [0, 0.1) is 0 Å². The van der Waals surface area contributed by atoms with Crippen LogP contribution in [-0.2, 0) is 19.6 Å². The molecule has 0 aliphatic carbocycles. The van der Waals surface area contributed by atoms with E-state index in [0.29, 0.717) is 0 Å². The third kappa shape index (κ3) is 3.34. The lowest BCUT2D eigenvalue weighted by Crippen LogP contribution is -2.06. The summed E-state index contributed by atoms with van der Waals surface area (Å²) in [6, 6.07) is 14.7. The van der Waals surface area contributed by atoms with Crippen molar-refractivity contribution in [2.45, 2.75) is 26.6 Å². The van der Waals surface area contributed by atoms with E-state index < -0.39 is 0 Å². The molecule has 4 nitrogen and oxygen atoms in total. The summed E-state index contributed by atoms with van der Waals surface area (Å²) in [4.78, 5) is 0. The molecule has 3 aromatic rings. The van der Waals surface area contributed by atoms with Crippen LogP contribution in [0.1, 0.15) is 18.2 Å². The number of aryl methyl sites for hydroxylation is 1. The Balaban J connectivity index is 1.59. The number of nitrogens with zero attached hydrogens (tertiary/aromatic N) is 3. The van der Waals surface area contributed by atoms with Crippen LogP contribution in [0.5, 0.6) is 0 Å². The molecule has 3 rings (SSSR count). The molecule has 4 heteroatoms. The topological polar surface area (TPSA) is 34.8 Å². The minimum atomic E-state index is 0.811. The summed E-state index contributed by atoms with van der Waals surface area (Å²) < 4.78 is 4.18. The zero-order valence-corrected chi connectivity index (χ0v) is 12.2. The van der Waals surface area contributed by atoms with Gasteiger partial charge in [-0.05, 0) is 42.8 Å². The monoisotopic (exact) mass is 280 g/mol. The zero-order chi connectivity index (χ0) is 14.5. The molecule has 0 aliphatic heterocycles. The highest BCUT2D eigenvalue weighted by molar-refractivity contribution is 5.45.